The Labute approximate surface area is 70.8 Å². The molecule has 0 aromatic heterocycles. The summed E-state index contributed by atoms with van der Waals surface area (Å²) in [6.07, 6.45) is 0. The Hall–Kier alpha value is -0.350. The highest BCUT2D eigenvalue weighted by molar-refractivity contribution is 7.46. The van der Waals surface area contributed by atoms with Gasteiger partial charge in [-0.15, -0.1) is 0 Å². The maximum atomic E-state index is 2.26. The lowest BCUT2D eigenvalue weighted by atomic mass is 10.1. The molecule has 0 heterocycles. The first-order valence-corrected chi connectivity index (χ1v) is 5.40. The van der Waals surface area contributed by atoms with E-state index in [1.54, 1.807) is 0 Å². The van der Waals surface area contributed by atoms with Gasteiger partial charge in [0.05, 0.1) is 0 Å². The van der Waals surface area contributed by atoms with E-state index in [1.807, 2.05) is 0 Å². The van der Waals surface area contributed by atoms with Crippen LogP contribution in [0.1, 0.15) is 16.7 Å². The Kier molecular flexibility index (Phi) is 2.67. The van der Waals surface area contributed by atoms with Crippen LogP contribution in [-0.4, -0.2) is 6.66 Å². The molecule has 0 fully saturated rings. The lowest BCUT2D eigenvalue weighted by molar-refractivity contribution is 1.36. The lowest BCUT2D eigenvalue weighted by Gasteiger charge is -2.07. The molecule has 0 N–H and O–H groups in total. The summed E-state index contributed by atoms with van der Waals surface area (Å²) in [7, 11) is 0.924. The fourth-order valence-electron chi connectivity index (χ4n) is 1.57. The van der Waals surface area contributed by atoms with Crippen molar-refractivity contribution >= 4 is 13.9 Å². The maximum absolute atomic E-state index is 2.26. The van der Waals surface area contributed by atoms with Gasteiger partial charge in [0.1, 0.15) is 0 Å². The molecule has 0 nitrogen and oxygen atoms in total. The zero-order chi connectivity index (χ0) is 8.43. The van der Waals surface area contributed by atoms with Crippen LogP contribution in [0.25, 0.3) is 0 Å². The molecule has 1 unspecified atom stereocenters. The van der Waals surface area contributed by atoms with Crippen LogP contribution in [0.4, 0.5) is 0 Å². The summed E-state index contributed by atoms with van der Waals surface area (Å²) in [5, 5.41) is 1.54. The van der Waals surface area contributed by atoms with Gasteiger partial charge in [0.2, 0.25) is 0 Å². The van der Waals surface area contributed by atoms with Crippen LogP contribution >= 0.6 is 8.58 Å². The molecule has 1 heteroatoms. The summed E-state index contributed by atoms with van der Waals surface area (Å²) in [6, 6.07) is 4.53. The van der Waals surface area contributed by atoms with Crippen molar-refractivity contribution in [2.75, 3.05) is 6.66 Å². The second-order valence-electron chi connectivity index (χ2n) is 3.02. The monoisotopic (exact) mass is 166 g/mol. The van der Waals surface area contributed by atoms with Gasteiger partial charge in [0, 0.05) is 0 Å². The van der Waals surface area contributed by atoms with Gasteiger partial charge in [-0.25, -0.2) is 0 Å². The van der Waals surface area contributed by atoms with Crippen molar-refractivity contribution < 1.29 is 0 Å². The van der Waals surface area contributed by atoms with Crippen LogP contribution in [0.15, 0.2) is 12.1 Å². The molecule has 1 rings (SSSR count). The Morgan fingerprint density at radius 2 is 1.45 bits per heavy atom. The molecule has 0 aliphatic carbocycles. The van der Waals surface area contributed by atoms with Crippen LogP contribution in [0, 0.1) is 20.8 Å². The molecule has 0 spiro atoms. The summed E-state index contributed by atoms with van der Waals surface area (Å²) >= 11 is 0. The molecule has 1 atom stereocenters. The molecule has 0 bridgehead atoms. The first kappa shape index (κ1) is 8.74. The fraction of sp³-hybridized carbons (Fsp3) is 0.400. The predicted molar refractivity (Wildman–Crippen MR) is 54.5 cm³/mol. The van der Waals surface area contributed by atoms with Crippen molar-refractivity contribution in [1.82, 2.24) is 0 Å². The van der Waals surface area contributed by atoms with Crippen LogP contribution < -0.4 is 5.30 Å². The van der Waals surface area contributed by atoms with Crippen LogP contribution in [-0.2, 0) is 0 Å². The maximum Gasteiger partial charge on any atom is -0.0216 e. The van der Waals surface area contributed by atoms with Crippen molar-refractivity contribution in [1.29, 1.82) is 0 Å². The highest BCUT2D eigenvalue weighted by Crippen LogP contribution is 2.14. The molecule has 1 aromatic rings. The molecule has 0 aliphatic rings. The molecule has 0 saturated heterocycles. The van der Waals surface area contributed by atoms with Gasteiger partial charge in [-0.05, 0) is 43.9 Å². The van der Waals surface area contributed by atoms with E-state index < -0.39 is 0 Å². The van der Waals surface area contributed by atoms with Crippen molar-refractivity contribution in [2.45, 2.75) is 20.8 Å². The minimum Gasteiger partial charge on any atom is -0.0930 e. The standard InChI is InChI=1S/C10H15P/c1-7-5-8(2)10(11-4)9(3)6-7/h5-6,11H,1-4H3. The van der Waals surface area contributed by atoms with E-state index in [1.165, 1.54) is 22.0 Å². The molecule has 11 heavy (non-hydrogen) atoms. The molecule has 1 aromatic carbocycles. The van der Waals surface area contributed by atoms with Crippen LogP contribution in [0.2, 0.25) is 0 Å². The molecule has 0 radical (unpaired) electrons. The van der Waals surface area contributed by atoms with E-state index in [2.05, 4.69) is 39.6 Å². The zero-order valence-electron chi connectivity index (χ0n) is 7.65. The van der Waals surface area contributed by atoms with E-state index in [-0.39, 0.29) is 0 Å². The second-order valence-corrected chi connectivity index (χ2v) is 4.02. The Bertz CT molecular complexity index is 241. The number of hydrogen-bond acceptors (Lipinski definition) is 0. The van der Waals surface area contributed by atoms with E-state index in [0.717, 1.165) is 8.58 Å². The van der Waals surface area contributed by atoms with Crippen LogP contribution in [0.5, 0.6) is 0 Å². The highest BCUT2D eigenvalue weighted by atomic mass is 31.1. The summed E-state index contributed by atoms with van der Waals surface area (Å²) < 4.78 is 0. The smallest absolute Gasteiger partial charge is 0.0216 e. The summed E-state index contributed by atoms with van der Waals surface area (Å²) in [5.74, 6) is 0. The number of aryl methyl sites for hydroxylation is 3. The Morgan fingerprint density at radius 1 is 1.00 bits per heavy atom. The van der Waals surface area contributed by atoms with Crippen molar-refractivity contribution in [2.24, 2.45) is 0 Å². The highest BCUT2D eigenvalue weighted by Gasteiger charge is 1.99. The van der Waals surface area contributed by atoms with Crippen LogP contribution in [0.3, 0.4) is 0 Å². The molecule has 60 valence electrons. The molecular weight excluding hydrogens is 151 g/mol. The largest absolute Gasteiger partial charge is 0.0930 e. The van der Waals surface area contributed by atoms with Crippen molar-refractivity contribution in [3.05, 3.63) is 28.8 Å². The minimum absolute atomic E-state index is 0.924. The molecular formula is C10H15P. The topological polar surface area (TPSA) is 0 Å². The Morgan fingerprint density at radius 3 is 1.82 bits per heavy atom. The zero-order valence-corrected chi connectivity index (χ0v) is 8.65. The molecule has 0 amide bonds. The van der Waals surface area contributed by atoms with Gasteiger partial charge in [-0.3, -0.25) is 0 Å². The van der Waals surface area contributed by atoms with Gasteiger partial charge < -0.3 is 0 Å². The summed E-state index contributed by atoms with van der Waals surface area (Å²) in [4.78, 5) is 0. The first-order valence-electron chi connectivity index (χ1n) is 3.90. The Balaban J connectivity index is 3.25. The van der Waals surface area contributed by atoms with Gasteiger partial charge in [0.15, 0.2) is 0 Å². The summed E-state index contributed by atoms with van der Waals surface area (Å²) in [6.45, 7) is 8.80. The molecule has 0 saturated carbocycles. The van der Waals surface area contributed by atoms with Gasteiger partial charge in [-0.2, -0.15) is 0 Å². The molecule has 0 aliphatic heterocycles. The van der Waals surface area contributed by atoms with Crippen molar-refractivity contribution in [3.8, 4) is 0 Å². The van der Waals surface area contributed by atoms with Gasteiger partial charge in [0.25, 0.3) is 0 Å². The van der Waals surface area contributed by atoms with Gasteiger partial charge in [-0.1, -0.05) is 26.3 Å². The second kappa shape index (κ2) is 3.36. The predicted octanol–water partition coefficient (Wildman–Crippen LogP) is 2.55. The van der Waals surface area contributed by atoms with E-state index >= 15 is 0 Å². The quantitative estimate of drug-likeness (QED) is 0.562. The lowest BCUT2D eigenvalue weighted by Crippen LogP contribution is -2.04. The number of rotatable bonds is 1. The SMILES string of the molecule is CPc1c(C)cc(C)cc1C. The third-order valence-corrected chi connectivity index (χ3v) is 3.22. The average Bonchev–Trinajstić information content (AvgIpc) is 1.85. The number of benzene rings is 1. The number of hydrogen-bond donors (Lipinski definition) is 0. The normalized spacial score (nSPS) is 11.3. The first-order chi connectivity index (χ1) is 5.15. The third kappa shape index (κ3) is 1.81. The van der Waals surface area contributed by atoms with Gasteiger partial charge >= 0.3 is 0 Å². The van der Waals surface area contributed by atoms with E-state index in [9.17, 15) is 0 Å². The third-order valence-electron chi connectivity index (χ3n) is 1.93. The van der Waals surface area contributed by atoms with E-state index in [0.29, 0.717) is 0 Å². The minimum atomic E-state index is 0.924. The van der Waals surface area contributed by atoms with E-state index in [4.69, 9.17) is 0 Å². The average molecular weight is 166 g/mol. The van der Waals surface area contributed by atoms with Crippen molar-refractivity contribution in [3.63, 3.8) is 0 Å². The summed E-state index contributed by atoms with van der Waals surface area (Å²) in [5.41, 5.74) is 4.27. The fourth-order valence-corrected chi connectivity index (χ4v) is 2.51.